The van der Waals surface area contributed by atoms with Gasteiger partial charge in [0.05, 0.1) is 4.90 Å². The number of fused-ring (bicyclic) bond motifs is 1. The van der Waals surface area contributed by atoms with Crippen molar-refractivity contribution in [1.82, 2.24) is 4.98 Å². The molecule has 4 rings (SSSR count). The molecule has 31 heavy (non-hydrogen) atoms. The first-order chi connectivity index (χ1) is 14.9. The number of nitrogens with one attached hydrogen (secondary N) is 2. The van der Waals surface area contributed by atoms with Crippen molar-refractivity contribution < 1.29 is 20.8 Å². The minimum atomic E-state index is -3.86. The summed E-state index contributed by atoms with van der Waals surface area (Å²) in [4.78, 5) is 16.5. The van der Waals surface area contributed by atoms with Crippen LogP contribution < -0.4 is 14.8 Å². The van der Waals surface area contributed by atoms with Crippen LogP contribution in [0.15, 0.2) is 77.1 Å². The van der Waals surface area contributed by atoms with Gasteiger partial charge in [0, 0.05) is 35.9 Å². The Morgan fingerprint density at radius 3 is 2.65 bits per heavy atom. The fraction of sp³-hybridized carbons (Fsp3) is 0.0476. The van der Waals surface area contributed by atoms with E-state index in [0.717, 1.165) is 0 Å². The molecule has 1 aromatic heterocycles. The van der Waals surface area contributed by atoms with Gasteiger partial charge < -0.3 is 10.1 Å². The van der Waals surface area contributed by atoms with E-state index in [1.165, 1.54) is 23.6 Å². The first-order valence-corrected chi connectivity index (χ1v) is 11.8. The van der Waals surface area contributed by atoms with E-state index in [-0.39, 0.29) is 25.4 Å². The molecule has 0 fully saturated rings. The number of thiazole rings is 1. The first kappa shape index (κ1) is 21.1. The van der Waals surface area contributed by atoms with Gasteiger partial charge in [-0.2, -0.15) is 0 Å². The molecule has 0 unspecified atom stereocenters. The highest BCUT2D eigenvalue weighted by Gasteiger charge is 2.19. The highest BCUT2D eigenvalue weighted by atomic mass is 35.5. The van der Waals surface area contributed by atoms with Gasteiger partial charge >= 0.3 is 0 Å². The molecule has 7 nitrogen and oxygen atoms in total. The predicted octanol–water partition coefficient (Wildman–Crippen LogP) is 5.26. The molecule has 0 bridgehead atoms. The number of hydrogen-bond donors (Lipinski definition) is 2. The maximum atomic E-state index is 12.9. The van der Waals surface area contributed by atoms with E-state index in [2.05, 4.69) is 15.0 Å². The molecule has 162 valence electrons. The van der Waals surface area contributed by atoms with Crippen molar-refractivity contribution in [2.24, 2.45) is 0 Å². The maximum absolute atomic E-state index is 12.9. The van der Waals surface area contributed by atoms with Crippen LogP contribution in [-0.2, 0) is 14.8 Å². The van der Waals surface area contributed by atoms with E-state index in [9.17, 15) is 13.2 Å². The maximum Gasteiger partial charge on any atom is 0.264 e. The number of carbonyl (C=O) groups is 1. The van der Waals surface area contributed by atoms with Crippen molar-refractivity contribution in [3.8, 4) is 5.75 Å². The molecular weight excluding hydrogens is 458 g/mol. The van der Waals surface area contributed by atoms with Gasteiger partial charge in [0.2, 0.25) is 0 Å². The monoisotopic (exact) mass is 477 g/mol. The van der Waals surface area contributed by atoms with Crippen LogP contribution in [0, 0.1) is 0 Å². The largest absolute Gasteiger partial charge is 0.484 e. The SMILES string of the molecule is O=C(COc1cccc(Cl)c1)Nc1cccc2c(S(=O)(=O)Nc3nccs3)cccc12.[HH].[HH]. The molecule has 0 aliphatic rings. The minimum absolute atomic E-state index is 0. The van der Waals surface area contributed by atoms with Crippen molar-refractivity contribution in [3.63, 3.8) is 0 Å². The summed E-state index contributed by atoms with van der Waals surface area (Å²) in [7, 11) is -3.86. The van der Waals surface area contributed by atoms with Crippen LogP contribution in [0.1, 0.15) is 2.85 Å². The second-order valence-electron chi connectivity index (χ2n) is 6.39. The summed E-state index contributed by atoms with van der Waals surface area (Å²) in [6.07, 6.45) is 1.52. The molecule has 0 saturated heterocycles. The Balaban J connectivity index is 0.00000193. The van der Waals surface area contributed by atoms with Gasteiger partial charge in [-0.15, -0.1) is 11.3 Å². The molecule has 0 aliphatic carbocycles. The molecule has 10 heteroatoms. The quantitative estimate of drug-likeness (QED) is 0.378. The fourth-order valence-corrected chi connectivity index (χ4v) is 5.15. The molecule has 3 aromatic carbocycles. The van der Waals surface area contributed by atoms with Crippen molar-refractivity contribution in [1.29, 1.82) is 0 Å². The lowest BCUT2D eigenvalue weighted by molar-refractivity contribution is -0.118. The summed E-state index contributed by atoms with van der Waals surface area (Å²) in [5.74, 6) is 0.0869. The molecule has 2 N–H and O–H groups in total. The molecule has 0 atom stereocenters. The minimum Gasteiger partial charge on any atom is -0.484 e. The number of sulfonamides is 1. The highest BCUT2D eigenvalue weighted by molar-refractivity contribution is 7.93. The van der Waals surface area contributed by atoms with Gasteiger partial charge in [-0.05, 0) is 30.3 Å². The zero-order valence-electron chi connectivity index (χ0n) is 15.9. The van der Waals surface area contributed by atoms with Crippen LogP contribution in [-0.4, -0.2) is 25.9 Å². The van der Waals surface area contributed by atoms with E-state index in [1.807, 2.05) is 0 Å². The zero-order chi connectivity index (χ0) is 21.8. The van der Waals surface area contributed by atoms with E-state index in [1.54, 1.807) is 60.0 Å². The Kier molecular flexibility index (Phi) is 6.08. The van der Waals surface area contributed by atoms with Crippen LogP contribution >= 0.6 is 22.9 Å². The van der Waals surface area contributed by atoms with Crippen LogP contribution in [0.4, 0.5) is 10.8 Å². The third kappa shape index (κ3) is 4.96. The predicted molar refractivity (Wildman–Crippen MR) is 127 cm³/mol. The molecule has 0 spiro atoms. The summed E-state index contributed by atoms with van der Waals surface area (Å²) in [5.41, 5.74) is 0.475. The van der Waals surface area contributed by atoms with Crippen molar-refractivity contribution in [3.05, 3.63) is 77.3 Å². The Labute approximate surface area is 190 Å². The molecule has 1 amide bonds. The van der Waals surface area contributed by atoms with Crippen molar-refractivity contribution in [2.75, 3.05) is 16.6 Å². The Hall–Kier alpha value is -3.14. The van der Waals surface area contributed by atoms with E-state index in [0.29, 0.717) is 27.2 Å². The molecule has 4 aromatic rings. The third-order valence-electron chi connectivity index (χ3n) is 4.27. The van der Waals surface area contributed by atoms with Crippen LogP contribution in [0.3, 0.4) is 0 Å². The second-order valence-corrected chi connectivity index (χ2v) is 9.38. The first-order valence-electron chi connectivity index (χ1n) is 9.05. The number of aromatic nitrogens is 1. The number of hydrogen-bond acceptors (Lipinski definition) is 6. The van der Waals surface area contributed by atoms with Crippen molar-refractivity contribution >= 4 is 60.5 Å². The van der Waals surface area contributed by atoms with E-state index >= 15 is 0 Å². The second kappa shape index (κ2) is 8.93. The number of carbonyl (C=O) groups excluding carboxylic acids is 1. The number of amides is 1. The van der Waals surface area contributed by atoms with Crippen LogP contribution in [0.25, 0.3) is 10.8 Å². The van der Waals surface area contributed by atoms with Gasteiger partial charge in [-0.1, -0.05) is 41.9 Å². The van der Waals surface area contributed by atoms with E-state index < -0.39 is 10.0 Å². The Morgan fingerprint density at radius 1 is 1.10 bits per heavy atom. The lowest BCUT2D eigenvalue weighted by Gasteiger charge is -2.13. The number of rotatable bonds is 7. The zero-order valence-corrected chi connectivity index (χ0v) is 18.3. The number of nitrogens with zero attached hydrogens (tertiary/aromatic N) is 1. The summed E-state index contributed by atoms with van der Waals surface area (Å²) >= 11 is 7.10. The summed E-state index contributed by atoms with van der Waals surface area (Å²) < 4.78 is 33.7. The normalized spacial score (nSPS) is 11.3. The highest BCUT2D eigenvalue weighted by Crippen LogP contribution is 2.30. The lowest BCUT2D eigenvalue weighted by atomic mass is 10.1. The molecule has 0 aliphatic heterocycles. The molecule has 0 saturated carbocycles. The number of halogens is 1. The van der Waals surface area contributed by atoms with Crippen molar-refractivity contribution in [2.45, 2.75) is 4.90 Å². The van der Waals surface area contributed by atoms with Gasteiger partial charge in [0.25, 0.3) is 15.9 Å². The summed E-state index contributed by atoms with van der Waals surface area (Å²) in [6, 6.07) is 16.7. The average molecular weight is 478 g/mol. The van der Waals surface area contributed by atoms with Crippen LogP contribution in [0.5, 0.6) is 5.75 Å². The topological polar surface area (TPSA) is 97.4 Å². The third-order valence-corrected chi connectivity index (χ3v) is 6.72. The number of anilines is 2. The fourth-order valence-electron chi connectivity index (χ4n) is 2.96. The molecular formula is C21H20ClN3O4S2. The average Bonchev–Trinajstić information content (AvgIpc) is 3.24. The Bertz CT molecular complexity index is 1350. The van der Waals surface area contributed by atoms with Gasteiger partial charge in [0.1, 0.15) is 5.75 Å². The van der Waals surface area contributed by atoms with Gasteiger partial charge in [-0.25, -0.2) is 13.4 Å². The lowest BCUT2D eigenvalue weighted by Crippen LogP contribution is -2.20. The van der Waals surface area contributed by atoms with E-state index in [4.69, 9.17) is 16.3 Å². The standard InChI is InChI=1S/C21H16ClN3O4S2.2H2/c22-14-4-1-5-15(12-14)29-13-20(26)24-18-8-2-7-17-16(18)6-3-9-19(17)31(27,28)25-21-23-10-11-30-21;;/h1-12H,13H2,(H,23,25)(H,24,26);2*1H. The smallest absolute Gasteiger partial charge is 0.264 e. The molecule has 1 heterocycles. The number of benzene rings is 3. The number of ether oxygens (including phenoxy) is 1. The Morgan fingerprint density at radius 2 is 1.87 bits per heavy atom. The van der Waals surface area contributed by atoms with Gasteiger partial charge in [-0.3, -0.25) is 9.52 Å². The summed E-state index contributed by atoms with van der Waals surface area (Å²) in [6.45, 7) is -0.222. The van der Waals surface area contributed by atoms with Gasteiger partial charge in [0.15, 0.2) is 11.7 Å². The van der Waals surface area contributed by atoms with Crippen LogP contribution in [0.2, 0.25) is 5.02 Å². The summed E-state index contributed by atoms with van der Waals surface area (Å²) in [5, 5.41) is 6.29. The molecule has 0 radical (unpaired) electrons.